The molecule has 2 aromatic heterocycles. The van der Waals surface area contributed by atoms with Crippen molar-refractivity contribution in [1.82, 2.24) is 10.1 Å². The Morgan fingerprint density at radius 1 is 1.56 bits per heavy atom. The fourth-order valence-electron chi connectivity index (χ4n) is 1.35. The molecule has 0 aliphatic rings. The molecule has 0 spiro atoms. The van der Waals surface area contributed by atoms with E-state index in [4.69, 9.17) is 10.3 Å². The van der Waals surface area contributed by atoms with Gasteiger partial charge in [-0.3, -0.25) is 0 Å². The highest BCUT2D eigenvalue weighted by Crippen LogP contribution is 2.30. The van der Waals surface area contributed by atoms with Gasteiger partial charge in [0.25, 0.3) is 5.89 Å². The zero-order valence-corrected chi connectivity index (χ0v) is 11.2. The van der Waals surface area contributed by atoms with Gasteiger partial charge in [0.05, 0.1) is 14.7 Å². The molecule has 1 atom stereocenters. The number of nitrogens with zero attached hydrogens (tertiary/aromatic N) is 2. The zero-order chi connectivity index (χ0) is 11.5. The first-order valence-electron chi connectivity index (χ1n) is 5.05. The standard InChI is InChI=1S/C10H12BrN3OS/c1-2-3-6(12)9-13-10(15-14-9)7-4-5-8(11)16-7/h4-6H,2-3,12H2,1H3. The van der Waals surface area contributed by atoms with Gasteiger partial charge in [0.15, 0.2) is 5.82 Å². The summed E-state index contributed by atoms with van der Waals surface area (Å²) in [5, 5.41) is 3.90. The van der Waals surface area contributed by atoms with Crippen molar-refractivity contribution in [2.45, 2.75) is 25.8 Å². The molecule has 0 radical (unpaired) electrons. The van der Waals surface area contributed by atoms with E-state index in [1.165, 1.54) is 0 Å². The minimum atomic E-state index is -0.133. The first-order valence-corrected chi connectivity index (χ1v) is 6.66. The molecule has 0 aliphatic carbocycles. The van der Waals surface area contributed by atoms with E-state index in [0.717, 1.165) is 21.5 Å². The summed E-state index contributed by atoms with van der Waals surface area (Å²) in [6, 6.07) is 3.76. The Kier molecular flexibility index (Phi) is 3.73. The zero-order valence-electron chi connectivity index (χ0n) is 8.81. The lowest BCUT2D eigenvalue weighted by Gasteiger charge is -2.02. The van der Waals surface area contributed by atoms with Crippen LogP contribution in [-0.4, -0.2) is 10.1 Å². The van der Waals surface area contributed by atoms with E-state index < -0.39 is 0 Å². The topological polar surface area (TPSA) is 64.9 Å². The number of thiophene rings is 1. The number of aromatic nitrogens is 2. The van der Waals surface area contributed by atoms with Crippen molar-refractivity contribution in [3.05, 3.63) is 21.7 Å². The van der Waals surface area contributed by atoms with Crippen molar-refractivity contribution in [3.8, 4) is 10.8 Å². The Hall–Kier alpha value is -0.720. The molecular formula is C10H12BrN3OS. The van der Waals surface area contributed by atoms with Gasteiger partial charge in [-0.2, -0.15) is 4.98 Å². The van der Waals surface area contributed by atoms with Crippen LogP contribution in [0.3, 0.4) is 0 Å². The molecule has 2 rings (SSSR count). The van der Waals surface area contributed by atoms with Crippen LogP contribution < -0.4 is 5.73 Å². The third-order valence-corrected chi connectivity index (χ3v) is 3.77. The Morgan fingerprint density at radius 2 is 2.38 bits per heavy atom. The smallest absolute Gasteiger partial charge is 0.268 e. The fourth-order valence-corrected chi connectivity index (χ4v) is 2.66. The van der Waals surface area contributed by atoms with Crippen LogP contribution in [0, 0.1) is 0 Å². The molecule has 2 aromatic rings. The molecule has 2 heterocycles. The molecular weight excluding hydrogens is 290 g/mol. The van der Waals surface area contributed by atoms with Crippen molar-refractivity contribution in [1.29, 1.82) is 0 Å². The Balaban J connectivity index is 2.19. The van der Waals surface area contributed by atoms with E-state index >= 15 is 0 Å². The van der Waals surface area contributed by atoms with Gasteiger partial charge >= 0.3 is 0 Å². The lowest BCUT2D eigenvalue weighted by molar-refractivity contribution is 0.414. The fraction of sp³-hybridized carbons (Fsp3) is 0.400. The lowest BCUT2D eigenvalue weighted by Crippen LogP contribution is -2.11. The highest BCUT2D eigenvalue weighted by molar-refractivity contribution is 9.11. The summed E-state index contributed by atoms with van der Waals surface area (Å²) >= 11 is 4.95. The molecule has 0 saturated heterocycles. The van der Waals surface area contributed by atoms with Crippen LogP contribution in [0.5, 0.6) is 0 Å². The van der Waals surface area contributed by atoms with E-state index in [1.807, 2.05) is 12.1 Å². The summed E-state index contributed by atoms with van der Waals surface area (Å²) in [5.41, 5.74) is 5.91. The molecule has 0 saturated carbocycles. The van der Waals surface area contributed by atoms with Crippen LogP contribution >= 0.6 is 27.3 Å². The van der Waals surface area contributed by atoms with Crippen molar-refractivity contribution in [2.75, 3.05) is 0 Å². The Labute approximate surface area is 106 Å². The predicted molar refractivity (Wildman–Crippen MR) is 67.1 cm³/mol. The number of halogens is 1. The molecule has 0 amide bonds. The van der Waals surface area contributed by atoms with Crippen molar-refractivity contribution in [2.24, 2.45) is 5.73 Å². The SMILES string of the molecule is CCCC(N)c1noc(-c2ccc(Br)s2)n1. The van der Waals surface area contributed by atoms with Gasteiger partial charge < -0.3 is 10.3 Å². The second-order valence-corrected chi connectivity index (χ2v) is 5.92. The van der Waals surface area contributed by atoms with Crippen LogP contribution in [0.1, 0.15) is 31.6 Å². The van der Waals surface area contributed by atoms with Crippen molar-refractivity contribution < 1.29 is 4.52 Å². The van der Waals surface area contributed by atoms with E-state index in [-0.39, 0.29) is 6.04 Å². The molecule has 1 unspecified atom stereocenters. The van der Waals surface area contributed by atoms with Crippen LogP contribution in [0.15, 0.2) is 20.4 Å². The molecule has 2 N–H and O–H groups in total. The van der Waals surface area contributed by atoms with Gasteiger partial charge in [0, 0.05) is 0 Å². The second kappa shape index (κ2) is 5.07. The molecule has 6 heteroatoms. The van der Waals surface area contributed by atoms with Crippen molar-refractivity contribution >= 4 is 27.3 Å². The molecule has 0 aromatic carbocycles. The van der Waals surface area contributed by atoms with E-state index in [2.05, 4.69) is 33.0 Å². The third kappa shape index (κ3) is 2.50. The van der Waals surface area contributed by atoms with Crippen LogP contribution in [0.25, 0.3) is 10.8 Å². The maximum Gasteiger partial charge on any atom is 0.268 e. The first kappa shape index (κ1) is 11.8. The summed E-state index contributed by atoms with van der Waals surface area (Å²) in [6.07, 6.45) is 1.88. The number of nitrogens with two attached hydrogens (primary N) is 1. The van der Waals surface area contributed by atoms with E-state index in [0.29, 0.717) is 11.7 Å². The highest BCUT2D eigenvalue weighted by Gasteiger charge is 2.15. The average Bonchev–Trinajstić information content (AvgIpc) is 2.85. The maximum atomic E-state index is 5.91. The molecule has 16 heavy (non-hydrogen) atoms. The average molecular weight is 302 g/mol. The third-order valence-electron chi connectivity index (χ3n) is 2.16. The van der Waals surface area contributed by atoms with Gasteiger partial charge in [0.2, 0.25) is 0 Å². The Bertz CT molecular complexity index is 468. The van der Waals surface area contributed by atoms with Gasteiger partial charge in [-0.05, 0) is 34.5 Å². The summed E-state index contributed by atoms with van der Waals surface area (Å²) in [7, 11) is 0. The van der Waals surface area contributed by atoms with Gasteiger partial charge in [0.1, 0.15) is 0 Å². The second-order valence-electron chi connectivity index (χ2n) is 3.46. The van der Waals surface area contributed by atoms with Crippen LogP contribution in [-0.2, 0) is 0 Å². The Morgan fingerprint density at radius 3 is 3.00 bits per heavy atom. The largest absolute Gasteiger partial charge is 0.333 e. The van der Waals surface area contributed by atoms with E-state index in [9.17, 15) is 0 Å². The number of rotatable bonds is 4. The molecule has 4 nitrogen and oxygen atoms in total. The minimum Gasteiger partial charge on any atom is -0.333 e. The molecule has 0 fully saturated rings. The lowest BCUT2D eigenvalue weighted by atomic mass is 10.2. The van der Waals surface area contributed by atoms with Gasteiger partial charge in [-0.1, -0.05) is 18.5 Å². The van der Waals surface area contributed by atoms with Gasteiger partial charge in [-0.15, -0.1) is 11.3 Å². The summed E-state index contributed by atoms with van der Waals surface area (Å²) < 4.78 is 6.22. The molecule has 0 bridgehead atoms. The summed E-state index contributed by atoms with van der Waals surface area (Å²) in [6.45, 7) is 2.08. The molecule has 0 aliphatic heterocycles. The van der Waals surface area contributed by atoms with Gasteiger partial charge in [-0.25, -0.2) is 0 Å². The summed E-state index contributed by atoms with van der Waals surface area (Å²) in [5.74, 6) is 1.12. The minimum absolute atomic E-state index is 0.133. The van der Waals surface area contributed by atoms with E-state index in [1.54, 1.807) is 11.3 Å². The highest BCUT2D eigenvalue weighted by atomic mass is 79.9. The normalized spacial score (nSPS) is 12.9. The van der Waals surface area contributed by atoms with Crippen molar-refractivity contribution in [3.63, 3.8) is 0 Å². The van der Waals surface area contributed by atoms with Crippen LogP contribution in [0.2, 0.25) is 0 Å². The number of hydrogen-bond acceptors (Lipinski definition) is 5. The quantitative estimate of drug-likeness (QED) is 0.940. The predicted octanol–water partition coefficient (Wildman–Crippen LogP) is 3.36. The number of hydrogen-bond donors (Lipinski definition) is 1. The first-order chi connectivity index (χ1) is 7.70. The monoisotopic (exact) mass is 301 g/mol. The maximum absolute atomic E-state index is 5.91. The van der Waals surface area contributed by atoms with Crippen LogP contribution in [0.4, 0.5) is 0 Å². The molecule has 86 valence electrons. The summed E-state index contributed by atoms with van der Waals surface area (Å²) in [4.78, 5) is 5.25.